The molecule has 0 aliphatic carbocycles. The Kier molecular flexibility index (Phi) is 4.87. The van der Waals surface area contributed by atoms with E-state index in [4.69, 9.17) is 16.3 Å². The van der Waals surface area contributed by atoms with Crippen molar-refractivity contribution in [2.75, 3.05) is 0 Å². The Morgan fingerprint density at radius 3 is 2.52 bits per heavy atom. The average molecular weight is 409 g/mol. The lowest BCUT2D eigenvalue weighted by Crippen LogP contribution is -2.48. The predicted molar refractivity (Wildman–Crippen MR) is 109 cm³/mol. The third-order valence-electron chi connectivity index (χ3n) is 4.91. The first-order chi connectivity index (χ1) is 13.9. The fourth-order valence-electron chi connectivity index (χ4n) is 3.29. The number of aliphatic hydroxyl groups is 2. The first kappa shape index (κ1) is 19.2. The van der Waals surface area contributed by atoms with E-state index < -0.39 is 17.8 Å². The van der Waals surface area contributed by atoms with Crippen molar-refractivity contribution in [1.29, 1.82) is 5.26 Å². The Morgan fingerprint density at radius 2 is 1.86 bits per heavy atom. The highest BCUT2D eigenvalue weighted by atomic mass is 35.5. The maximum atomic E-state index is 10.9. The number of halogens is 1. The van der Waals surface area contributed by atoms with Crippen molar-refractivity contribution in [1.82, 2.24) is 10.2 Å². The van der Waals surface area contributed by atoms with E-state index in [1.54, 1.807) is 42.5 Å². The highest BCUT2D eigenvalue weighted by Gasteiger charge is 2.49. The fourth-order valence-corrected chi connectivity index (χ4v) is 3.41. The van der Waals surface area contributed by atoms with Crippen LogP contribution in [0.4, 0.5) is 0 Å². The molecule has 29 heavy (non-hydrogen) atoms. The van der Waals surface area contributed by atoms with Gasteiger partial charge in [0.05, 0.1) is 22.9 Å². The van der Waals surface area contributed by atoms with E-state index in [-0.39, 0.29) is 5.88 Å². The molecule has 0 saturated heterocycles. The maximum absolute atomic E-state index is 10.9. The van der Waals surface area contributed by atoms with Gasteiger partial charge in [-0.2, -0.15) is 5.26 Å². The van der Waals surface area contributed by atoms with Crippen LogP contribution in [-0.4, -0.2) is 31.7 Å². The summed E-state index contributed by atoms with van der Waals surface area (Å²) in [6.45, 7) is 3.68. The minimum absolute atomic E-state index is 0.276. The van der Waals surface area contributed by atoms with E-state index in [1.165, 1.54) is 0 Å². The van der Waals surface area contributed by atoms with Gasteiger partial charge in [-0.25, -0.2) is 0 Å². The number of ether oxygens (including phenoxy) is 2. The van der Waals surface area contributed by atoms with E-state index in [0.717, 1.165) is 5.56 Å². The molecule has 2 N–H and O–H groups in total. The van der Waals surface area contributed by atoms with Gasteiger partial charge in [0.15, 0.2) is 12.2 Å². The monoisotopic (exact) mass is 408 g/mol. The maximum Gasteiger partial charge on any atom is 0.262 e. The molecule has 0 amide bonds. The van der Waals surface area contributed by atoms with Crippen LogP contribution in [0.2, 0.25) is 5.02 Å². The average Bonchev–Trinajstić information content (AvgIpc) is 2.72. The first-order valence-electron chi connectivity index (χ1n) is 9.09. The molecular weight excluding hydrogens is 390 g/mol. The molecule has 6 nitrogen and oxygen atoms in total. The molecule has 1 aliphatic heterocycles. The lowest BCUT2D eigenvalue weighted by atomic mass is 9.88. The van der Waals surface area contributed by atoms with Crippen molar-refractivity contribution in [3.63, 3.8) is 0 Å². The minimum atomic E-state index is -0.915. The summed E-state index contributed by atoms with van der Waals surface area (Å²) in [4.78, 5) is 0. The molecule has 1 aromatic heterocycles. The predicted octanol–water partition coefficient (Wildman–Crippen LogP) is 4.18. The Morgan fingerprint density at radius 1 is 1.10 bits per heavy atom. The van der Waals surface area contributed by atoms with Crippen molar-refractivity contribution in [3.05, 3.63) is 70.7 Å². The van der Waals surface area contributed by atoms with Gasteiger partial charge in [0, 0.05) is 36.6 Å². The van der Waals surface area contributed by atoms with Crippen LogP contribution >= 0.6 is 11.6 Å². The number of aromatic hydroxyl groups is 1. The zero-order valence-electron chi connectivity index (χ0n) is 15.9. The number of hydrogen-bond acceptors (Lipinski definition) is 5. The van der Waals surface area contributed by atoms with E-state index >= 15 is 0 Å². The van der Waals surface area contributed by atoms with Crippen LogP contribution in [0.25, 0.3) is 11.3 Å². The third kappa shape index (κ3) is 3.75. The molecule has 2 atom stereocenters. The van der Waals surface area contributed by atoms with Gasteiger partial charge in [-0.1, -0.05) is 23.7 Å². The number of nitrogens with zero attached hydrogens (tertiary/aromatic N) is 3. The van der Waals surface area contributed by atoms with Crippen molar-refractivity contribution >= 4 is 11.6 Å². The number of fused-ring (bicyclic) bond motifs is 1. The van der Waals surface area contributed by atoms with E-state index in [9.17, 15) is 10.4 Å². The van der Waals surface area contributed by atoms with E-state index in [2.05, 4.69) is 21.0 Å². The highest BCUT2D eigenvalue weighted by Crippen LogP contribution is 2.43. The summed E-state index contributed by atoms with van der Waals surface area (Å²) in [7, 11) is 0. The SMILES string of the molecule is CC1(C)[OH+]c2ccc(C#N)cc2[C@@H](Oc2ccc(-c3ccc(Cl)cc3)nn2)[C@@H]1O. The Hall–Kier alpha value is -3.14. The Balaban J connectivity index is 1.64. The minimum Gasteiger partial charge on any atom is -0.577 e. The van der Waals surface area contributed by atoms with Gasteiger partial charge in [-0.05, 0) is 30.3 Å². The second kappa shape index (κ2) is 7.36. The molecule has 1 aliphatic rings. The number of rotatable bonds is 3. The molecule has 0 saturated carbocycles. The zero-order valence-corrected chi connectivity index (χ0v) is 16.6. The molecule has 0 bridgehead atoms. The molecule has 146 valence electrons. The number of hydrogen-bond donors (Lipinski definition) is 1. The standard InChI is InChI=1S/C22H18ClN3O3/c1-22(2)21(27)20(16-11-13(12-24)3-9-18(16)29-22)28-19-10-8-17(25-26-19)14-4-6-15(23)7-5-14/h3-11,20-21,27H,1-2H3/p+1/t20-,21+/m1/s1. The van der Waals surface area contributed by atoms with Crippen LogP contribution in [0.3, 0.4) is 0 Å². The molecule has 0 spiro atoms. The van der Waals surface area contributed by atoms with Crippen LogP contribution in [0.1, 0.15) is 31.1 Å². The number of nitriles is 1. The summed E-state index contributed by atoms with van der Waals surface area (Å²) < 4.78 is 10.6. The lowest BCUT2D eigenvalue weighted by molar-refractivity contribution is -0.197. The number of aromatic nitrogens is 2. The summed E-state index contributed by atoms with van der Waals surface area (Å²) in [5.74, 6) is 0.966. The molecular formula is C22H19ClN3O3+. The van der Waals surface area contributed by atoms with Gasteiger partial charge in [-0.3, -0.25) is 0 Å². The molecule has 4 rings (SSSR count). The molecule has 2 heterocycles. The van der Waals surface area contributed by atoms with Gasteiger partial charge < -0.3 is 14.6 Å². The zero-order chi connectivity index (χ0) is 20.6. The van der Waals surface area contributed by atoms with E-state index in [0.29, 0.717) is 27.6 Å². The number of benzene rings is 2. The molecule has 0 radical (unpaired) electrons. The van der Waals surface area contributed by atoms with Crippen LogP contribution in [0.15, 0.2) is 54.6 Å². The van der Waals surface area contributed by atoms with Crippen molar-refractivity contribution < 1.29 is 14.6 Å². The highest BCUT2D eigenvalue weighted by molar-refractivity contribution is 6.30. The van der Waals surface area contributed by atoms with Crippen LogP contribution in [0.5, 0.6) is 11.6 Å². The molecule has 7 heteroatoms. The van der Waals surface area contributed by atoms with Crippen molar-refractivity contribution in [2.45, 2.75) is 31.7 Å². The van der Waals surface area contributed by atoms with Gasteiger partial charge in [0.1, 0.15) is 0 Å². The second-order valence-corrected chi connectivity index (χ2v) is 7.83. The third-order valence-corrected chi connectivity index (χ3v) is 5.16. The largest absolute Gasteiger partial charge is 0.577 e. The summed E-state index contributed by atoms with van der Waals surface area (Å²) >= 11 is 5.92. The summed E-state index contributed by atoms with van der Waals surface area (Å²) in [5.41, 5.74) is 1.95. The van der Waals surface area contributed by atoms with Crippen LogP contribution in [0, 0.1) is 11.3 Å². The van der Waals surface area contributed by atoms with Gasteiger partial charge in [-0.15, -0.1) is 10.2 Å². The summed E-state index contributed by atoms with van der Waals surface area (Å²) in [6.07, 6.45) is -1.64. The van der Waals surface area contributed by atoms with Crippen LogP contribution in [-0.2, 0) is 0 Å². The molecule has 3 aromatic rings. The smallest absolute Gasteiger partial charge is 0.262 e. The summed E-state index contributed by atoms with van der Waals surface area (Å²) in [6, 6.07) is 18.1. The second-order valence-electron chi connectivity index (χ2n) is 7.40. The van der Waals surface area contributed by atoms with Gasteiger partial charge in [0.25, 0.3) is 5.75 Å². The molecule has 0 unspecified atom stereocenters. The Labute approximate surface area is 173 Å². The van der Waals surface area contributed by atoms with E-state index in [1.807, 2.05) is 26.0 Å². The fraction of sp³-hybridized carbons (Fsp3) is 0.227. The molecule has 2 aromatic carbocycles. The van der Waals surface area contributed by atoms with Crippen LogP contribution < -0.4 is 4.74 Å². The van der Waals surface area contributed by atoms with Gasteiger partial charge in [0.2, 0.25) is 11.5 Å². The topological polar surface area (TPSA) is 91.8 Å². The molecule has 0 fully saturated rings. The normalized spacial score (nSPS) is 19.6. The first-order valence-corrected chi connectivity index (χ1v) is 9.46. The quantitative estimate of drug-likeness (QED) is 0.656. The Bertz CT molecular complexity index is 1080. The van der Waals surface area contributed by atoms with Crippen molar-refractivity contribution in [3.8, 4) is 29.0 Å². The number of aliphatic hydroxyl groups excluding tert-OH is 1. The van der Waals surface area contributed by atoms with Crippen molar-refractivity contribution in [2.24, 2.45) is 0 Å². The van der Waals surface area contributed by atoms with Gasteiger partial charge >= 0.3 is 0 Å². The lowest BCUT2D eigenvalue weighted by Gasteiger charge is -2.38. The summed E-state index contributed by atoms with van der Waals surface area (Å²) in [5, 5.41) is 29.1.